The Balaban J connectivity index is 4.62. The van der Waals surface area contributed by atoms with E-state index in [-0.39, 0.29) is 24.9 Å². The Labute approximate surface area is 360 Å². The lowest BCUT2D eigenvalue weighted by atomic mass is 10.0. The second-order valence-corrected chi connectivity index (χ2v) is 17.2. The number of amides is 1. The number of aliphatic hydroxyl groups excluding tert-OH is 2. The summed E-state index contributed by atoms with van der Waals surface area (Å²) in [5.41, 5.74) is 0. The van der Waals surface area contributed by atoms with Crippen LogP contribution >= 0.6 is 0 Å². The predicted octanol–water partition coefficient (Wildman–Crippen LogP) is 14.9. The molecule has 3 unspecified atom stereocenters. The number of carbonyl (C=O) groups is 2. The number of allylic oxidation sites excluding steroid dienone is 5. The molecular weight excluding hydrogens is 719 g/mol. The Hall–Kier alpha value is -1.92. The molecule has 0 saturated carbocycles. The van der Waals surface area contributed by atoms with Crippen LogP contribution in [0.15, 0.2) is 36.5 Å². The fourth-order valence-corrected chi connectivity index (χ4v) is 7.57. The molecule has 0 aromatic rings. The van der Waals surface area contributed by atoms with Crippen LogP contribution in [0.25, 0.3) is 0 Å². The van der Waals surface area contributed by atoms with Crippen molar-refractivity contribution in [1.29, 1.82) is 0 Å². The largest absolute Gasteiger partial charge is 0.458 e. The van der Waals surface area contributed by atoms with Gasteiger partial charge < -0.3 is 20.3 Å². The molecule has 0 aromatic heterocycles. The predicted molar refractivity (Wildman–Crippen MR) is 250 cm³/mol. The number of aliphatic hydroxyl groups is 2. The second kappa shape index (κ2) is 46.2. The van der Waals surface area contributed by atoms with E-state index >= 15 is 0 Å². The number of hydrogen-bond acceptors (Lipinski definition) is 5. The SMILES string of the molecule is CCCCCCCC/C=C\C/C=C/C(CC(=O)NC(CO)C(O)CCCCCCCCCCCCCCCC)OC(=O)CCCCC/C=C\CCCCCCCCC. The lowest BCUT2D eigenvalue weighted by Gasteiger charge is -2.23. The number of esters is 1. The van der Waals surface area contributed by atoms with E-state index in [4.69, 9.17) is 4.74 Å². The van der Waals surface area contributed by atoms with E-state index in [9.17, 15) is 19.8 Å². The van der Waals surface area contributed by atoms with Gasteiger partial charge in [-0.25, -0.2) is 0 Å². The highest BCUT2D eigenvalue weighted by atomic mass is 16.5. The average Bonchev–Trinajstić information content (AvgIpc) is 3.22. The van der Waals surface area contributed by atoms with E-state index < -0.39 is 18.2 Å². The van der Waals surface area contributed by atoms with Crippen molar-refractivity contribution in [3.8, 4) is 0 Å². The van der Waals surface area contributed by atoms with E-state index in [2.05, 4.69) is 50.4 Å². The van der Waals surface area contributed by atoms with Gasteiger partial charge in [0.25, 0.3) is 0 Å². The van der Waals surface area contributed by atoms with E-state index in [1.807, 2.05) is 12.2 Å². The van der Waals surface area contributed by atoms with E-state index in [0.29, 0.717) is 12.8 Å². The first kappa shape index (κ1) is 56.1. The molecule has 6 heteroatoms. The normalized spacial score (nSPS) is 13.5. The zero-order valence-electron chi connectivity index (χ0n) is 38.7. The van der Waals surface area contributed by atoms with Gasteiger partial charge in [-0.1, -0.05) is 218 Å². The molecule has 0 bridgehead atoms. The number of rotatable bonds is 45. The molecule has 0 aliphatic carbocycles. The molecule has 58 heavy (non-hydrogen) atoms. The number of nitrogens with one attached hydrogen (secondary N) is 1. The van der Waals surface area contributed by atoms with Crippen LogP contribution in [0.2, 0.25) is 0 Å². The van der Waals surface area contributed by atoms with Crippen molar-refractivity contribution in [3.05, 3.63) is 36.5 Å². The zero-order valence-corrected chi connectivity index (χ0v) is 38.7. The lowest BCUT2D eigenvalue weighted by Crippen LogP contribution is -2.46. The summed E-state index contributed by atoms with van der Waals surface area (Å²) in [6, 6.07) is -0.732. The molecule has 340 valence electrons. The Morgan fingerprint density at radius 1 is 0.517 bits per heavy atom. The van der Waals surface area contributed by atoms with Crippen LogP contribution in [0.3, 0.4) is 0 Å². The van der Waals surface area contributed by atoms with Gasteiger partial charge >= 0.3 is 5.97 Å². The van der Waals surface area contributed by atoms with E-state index in [0.717, 1.165) is 64.2 Å². The third-order valence-electron chi connectivity index (χ3n) is 11.4. The Bertz CT molecular complexity index is 961. The number of carbonyl (C=O) groups excluding carboxylic acids is 2. The van der Waals surface area contributed by atoms with Crippen molar-refractivity contribution in [3.63, 3.8) is 0 Å². The summed E-state index contributed by atoms with van der Waals surface area (Å²) in [5, 5.41) is 23.7. The standard InChI is InChI=1S/C52H97NO5/c1-4-7-10-13-16-19-22-24-26-29-32-35-38-41-44-50(55)49(47-54)53-51(56)46-48(43-40-37-34-31-28-21-18-15-12-9-6-3)58-52(57)45-42-39-36-33-30-27-25-23-20-17-14-11-8-5-2/h27,30-31,34,40,43,48-50,54-55H,4-26,28-29,32-33,35-39,41-42,44-47H2,1-3H3,(H,53,56)/b30-27-,34-31-,43-40+. The maximum absolute atomic E-state index is 13.1. The van der Waals surface area contributed by atoms with Crippen LogP contribution in [0.5, 0.6) is 0 Å². The number of ether oxygens (including phenoxy) is 1. The van der Waals surface area contributed by atoms with Gasteiger partial charge in [-0.2, -0.15) is 0 Å². The third kappa shape index (κ3) is 40.8. The summed E-state index contributed by atoms with van der Waals surface area (Å²) in [6.45, 7) is 6.44. The summed E-state index contributed by atoms with van der Waals surface area (Å²) in [4.78, 5) is 26.0. The molecular formula is C52H97NO5. The molecule has 3 N–H and O–H groups in total. The van der Waals surface area contributed by atoms with Crippen molar-refractivity contribution in [1.82, 2.24) is 5.32 Å². The van der Waals surface area contributed by atoms with Crippen LogP contribution in [0.4, 0.5) is 0 Å². The maximum Gasteiger partial charge on any atom is 0.306 e. The molecule has 6 nitrogen and oxygen atoms in total. The fourth-order valence-electron chi connectivity index (χ4n) is 7.57. The minimum atomic E-state index is -0.810. The topological polar surface area (TPSA) is 95.9 Å². The van der Waals surface area contributed by atoms with Crippen LogP contribution in [0.1, 0.15) is 258 Å². The monoisotopic (exact) mass is 816 g/mol. The highest BCUT2D eigenvalue weighted by Crippen LogP contribution is 2.16. The second-order valence-electron chi connectivity index (χ2n) is 17.2. The molecule has 0 heterocycles. The first-order valence-corrected chi connectivity index (χ1v) is 25.2. The van der Waals surface area contributed by atoms with Crippen molar-refractivity contribution in [2.24, 2.45) is 0 Å². The van der Waals surface area contributed by atoms with Crippen molar-refractivity contribution in [2.45, 2.75) is 277 Å². The lowest BCUT2D eigenvalue weighted by molar-refractivity contribution is -0.148. The minimum absolute atomic E-state index is 0.0324. The van der Waals surface area contributed by atoms with Crippen LogP contribution in [0, 0.1) is 0 Å². The van der Waals surface area contributed by atoms with Gasteiger partial charge in [-0.15, -0.1) is 0 Å². The highest BCUT2D eigenvalue weighted by Gasteiger charge is 2.23. The molecule has 0 saturated heterocycles. The smallest absolute Gasteiger partial charge is 0.306 e. The molecule has 0 rings (SSSR count). The fraction of sp³-hybridized carbons (Fsp3) is 0.846. The average molecular weight is 816 g/mol. The zero-order chi connectivity index (χ0) is 42.4. The molecule has 3 atom stereocenters. The first-order valence-electron chi connectivity index (χ1n) is 25.2. The summed E-state index contributed by atoms with van der Waals surface area (Å²) < 4.78 is 5.81. The molecule has 1 amide bonds. The minimum Gasteiger partial charge on any atom is -0.458 e. The third-order valence-corrected chi connectivity index (χ3v) is 11.4. The Morgan fingerprint density at radius 3 is 1.36 bits per heavy atom. The van der Waals surface area contributed by atoms with Crippen LogP contribution < -0.4 is 5.32 Å². The summed E-state index contributed by atoms with van der Waals surface area (Å²) in [5.74, 6) is -0.615. The van der Waals surface area contributed by atoms with Gasteiger partial charge in [0.2, 0.25) is 5.91 Å². The van der Waals surface area contributed by atoms with Gasteiger partial charge in [0.05, 0.1) is 25.2 Å². The number of unbranched alkanes of at least 4 members (excludes halogenated alkanes) is 29. The van der Waals surface area contributed by atoms with Gasteiger partial charge in [0, 0.05) is 6.42 Å². The highest BCUT2D eigenvalue weighted by molar-refractivity contribution is 5.78. The molecule has 0 radical (unpaired) electrons. The van der Waals surface area contributed by atoms with Crippen molar-refractivity contribution < 1.29 is 24.5 Å². The van der Waals surface area contributed by atoms with Crippen molar-refractivity contribution in [2.75, 3.05) is 6.61 Å². The van der Waals surface area contributed by atoms with Crippen molar-refractivity contribution >= 4 is 11.9 Å². The van der Waals surface area contributed by atoms with Gasteiger partial charge in [-0.05, 0) is 63.9 Å². The molecule has 0 fully saturated rings. The summed E-state index contributed by atoms with van der Waals surface area (Å²) in [6.07, 6.45) is 53.8. The van der Waals surface area contributed by atoms with Crippen LogP contribution in [-0.4, -0.2) is 46.9 Å². The number of hydrogen-bond donors (Lipinski definition) is 3. The van der Waals surface area contributed by atoms with Crippen LogP contribution in [-0.2, 0) is 14.3 Å². The molecule has 0 aromatic carbocycles. The Morgan fingerprint density at radius 2 is 0.914 bits per heavy atom. The van der Waals surface area contributed by atoms with Gasteiger partial charge in [-0.3, -0.25) is 9.59 Å². The molecule has 0 aliphatic heterocycles. The van der Waals surface area contributed by atoms with Gasteiger partial charge in [0.1, 0.15) is 6.10 Å². The van der Waals surface area contributed by atoms with Gasteiger partial charge in [0.15, 0.2) is 0 Å². The summed E-state index contributed by atoms with van der Waals surface area (Å²) >= 11 is 0. The summed E-state index contributed by atoms with van der Waals surface area (Å²) in [7, 11) is 0. The molecule has 0 spiro atoms. The molecule has 0 aliphatic rings. The maximum atomic E-state index is 13.1. The van der Waals surface area contributed by atoms with E-state index in [1.54, 1.807) is 0 Å². The van der Waals surface area contributed by atoms with E-state index in [1.165, 1.54) is 154 Å². The quantitative estimate of drug-likeness (QED) is 0.0323. The first-order chi connectivity index (χ1) is 28.5. The Kier molecular flexibility index (Phi) is 44.6.